The molecule has 0 amide bonds. The lowest BCUT2D eigenvalue weighted by molar-refractivity contribution is 0.236. The van der Waals surface area contributed by atoms with E-state index in [1.165, 1.54) is 180 Å². The fraction of sp³-hybridized carbons (Fsp3) is 1.00. The van der Waals surface area contributed by atoms with E-state index in [1.54, 1.807) is 6.42 Å². The predicted molar refractivity (Wildman–Crippen MR) is 164 cm³/mol. The van der Waals surface area contributed by atoms with E-state index in [0.717, 1.165) is 11.8 Å². The second-order valence-electron chi connectivity index (χ2n) is 12.1. The van der Waals surface area contributed by atoms with Gasteiger partial charge in [-0.1, -0.05) is 214 Å². The molecule has 1 atom stereocenters. The molecule has 0 bridgehead atoms. The van der Waals surface area contributed by atoms with Crippen LogP contribution >= 0.6 is 0 Å². The largest absolute Gasteiger partial charge is 0.0654 e. The van der Waals surface area contributed by atoms with Crippen LogP contribution in [0.25, 0.3) is 0 Å². The maximum Gasteiger partial charge on any atom is -0.0386 e. The summed E-state index contributed by atoms with van der Waals surface area (Å²) in [6.45, 7) is 9.36. The zero-order chi connectivity index (χ0) is 25.7. The molecule has 0 saturated heterocycles. The van der Waals surface area contributed by atoms with Crippen molar-refractivity contribution in [2.75, 3.05) is 0 Å². The number of unbranched alkanes of at least 4 members (excludes halogenated alkanes) is 21. The lowest BCUT2D eigenvalue weighted by atomic mass is 9.78. The Kier molecular flexibility index (Phi) is 30.2. The van der Waals surface area contributed by atoms with Crippen LogP contribution in [0.4, 0.5) is 0 Å². The first-order chi connectivity index (χ1) is 17.3. The highest BCUT2D eigenvalue weighted by Gasteiger charge is 2.20. The minimum atomic E-state index is 1.03. The van der Waals surface area contributed by atoms with Gasteiger partial charge >= 0.3 is 0 Å². The molecule has 0 fully saturated rings. The molecule has 0 aromatic carbocycles. The van der Waals surface area contributed by atoms with E-state index >= 15 is 0 Å². The van der Waals surface area contributed by atoms with Gasteiger partial charge in [-0.3, -0.25) is 0 Å². The highest BCUT2D eigenvalue weighted by Crippen LogP contribution is 2.33. The van der Waals surface area contributed by atoms with Crippen molar-refractivity contribution in [1.82, 2.24) is 0 Å². The van der Waals surface area contributed by atoms with E-state index in [-0.39, 0.29) is 0 Å². The molecule has 0 heterocycles. The van der Waals surface area contributed by atoms with Gasteiger partial charge in [0.05, 0.1) is 0 Å². The van der Waals surface area contributed by atoms with Gasteiger partial charge in [0.25, 0.3) is 0 Å². The van der Waals surface area contributed by atoms with E-state index in [0.29, 0.717) is 0 Å². The third-order valence-electron chi connectivity index (χ3n) is 8.63. The summed E-state index contributed by atoms with van der Waals surface area (Å²) >= 11 is 0. The van der Waals surface area contributed by atoms with E-state index in [9.17, 15) is 0 Å². The zero-order valence-corrected chi connectivity index (χ0v) is 25.7. The Morgan fingerprint density at radius 1 is 0.229 bits per heavy atom. The first kappa shape index (κ1) is 35.0. The highest BCUT2D eigenvalue weighted by molar-refractivity contribution is 4.72. The molecule has 0 spiro atoms. The van der Waals surface area contributed by atoms with Crippen molar-refractivity contribution in [2.45, 2.75) is 214 Å². The molecule has 0 saturated carbocycles. The third kappa shape index (κ3) is 25.4. The molecule has 0 rings (SSSR count). The molecule has 0 aromatic heterocycles. The molecule has 0 aliphatic rings. The Morgan fingerprint density at radius 3 is 0.600 bits per heavy atom. The summed E-state index contributed by atoms with van der Waals surface area (Å²) in [5.41, 5.74) is 0. The minimum absolute atomic E-state index is 1.03. The van der Waals surface area contributed by atoms with E-state index in [2.05, 4.69) is 27.7 Å². The molecule has 0 aromatic rings. The smallest absolute Gasteiger partial charge is 0.0386 e. The van der Waals surface area contributed by atoms with Gasteiger partial charge in [-0.15, -0.1) is 0 Å². The van der Waals surface area contributed by atoms with E-state index in [1.807, 2.05) is 0 Å². The quantitative estimate of drug-likeness (QED) is 0.0874. The predicted octanol–water partition coefficient (Wildman–Crippen LogP) is 13.6. The standard InChI is InChI=1S/C35H72/c1-5-9-13-17-21-25-29-33-35(32-28-24-20-16-12-8-4)34(30-26-22-18-14-10-6-2)31-27-23-19-15-11-7-3/h34-35H,5-33H2,1-4H3. The molecule has 0 radical (unpaired) electrons. The van der Waals surface area contributed by atoms with E-state index < -0.39 is 0 Å². The summed E-state index contributed by atoms with van der Waals surface area (Å²) in [7, 11) is 0. The fourth-order valence-electron chi connectivity index (χ4n) is 6.16. The van der Waals surface area contributed by atoms with Crippen molar-refractivity contribution < 1.29 is 0 Å². The minimum Gasteiger partial charge on any atom is -0.0654 e. The molecule has 212 valence electrons. The monoisotopic (exact) mass is 493 g/mol. The molecular formula is C35H72. The molecule has 0 aliphatic carbocycles. The van der Waals surface area contributed by atoms with Crippen LogP contribution in [0.3, 0.4) is 0 Å². The van der Waals surface area contributed by atoms with Crippen LogP contribution in [0.5, 0.6) is 0 Å². The lowest BCUT2D eigenvalue weighted by Crippen LogP contribution is -2.16. The van der Waals surface area contributed by atoms with Crippen LogP contribution in [0.1, 0.15) is 214 Å². The van der Waals surface area contributed by atoms with Gasteiger partial charge in [-0.25, -0.2) is 0 Å². The average molecular weight is 493 g/mol. The number of hydrogen-bond donors (Lipinski definition) is 0. The molecule has 0 heteroatoms. The lowest BCUT2D eigenvalue weighted by Gasteiger charge is -2.28. The van der Waals surface area contributed by atoms with Crippen molar-refractivity contribution >= 4 is 0 Å². The Hall–Kier alpha value is 0. The first-order valence-electron chi connectivity index (χ1n) is 17.3. The van der Waals surface area contributed by atoms with Gasteiger partial charge < -0.3 is 0 Å². The fourth-order valence-corrected chi connectivity index (χ4v) is 6.16. The van der Waals surface area contributed by atoms with Crippen molar-refractivity contribution in [1.29, 1.82) is 0 Å². The normalized spacial score (nSPS) is 12.6. The molecular weight excluding hydrogens is 420 g/mol. The van der Waals surface area contributed by atoms with Crippen LogP contribution in [0, 0.1) is 11.8 Å². The SMILES string of the molecule is CCCCCCCCCC(CCCCCCCC)C(CCCCCCCC)CCCCCCCC. The average Bonchev–Trinajstić information content (AvgIpc) is 2.87. The number of rotatable bonds is 30. The van der Waals surface area contributed by atoms with Crippen LogP contribution in [0.2, 0.25) is 0 Å². The highest BCUT2D eigenvalue weighted by atomic mass is 14.3. The summed E-state index contributed by atoms with van der Waals surface area (Å²) in [5.74, 6) is 2.06. The summed E-state index contributed by atoms with van der Waals surface area (Å²) in [4.78, 5) is 0. The molecule has 0 nitrogen and oxygen atoms in total. The van der Waals surface area contributed by atoms with Gasteiger partial charge in [0.1, 0.15) is 0 Å². The zero-order valence-electron chi connectivity index (χ0n) is 25.7. The Balaban J connectivity index is 4.67. The second-order valence-corrected chi connectivity index (χ2v) is 12.1. The second kappa shape index (κ2) is 30.2. The topological polar surface area (TPSA) is 0 Å². The maximum atomic E-state index is 2.34. The summed E-state index contributed by atoms with van der Waals surface area (Å²) in [6, 6.07) is 0. The van der Waals surface area contributed by atoms with Crippen molar-refractivity contribution in [3.8, 4) is 0 Å². The Bertz CT molecular complexity index is 343. The maximum absolute atomic E-state index is 2.34. The number of hydrogen-bond acceptors (Lipinski definition) is 0. The molecule has 0 aliphatic heterocycles. The van der Waals surface area contributed by atoms with Gasteiger partial charge in [0.2, 0.25) is 0 Å². The van der Waals surface area contributed by atoms with Gasteiger partial charge in [0.15, 0.2) is 0 Å². The van der Waals surface area contributed by atoms with Gasteiger partial charge in [0, 0.05) is 0 Å². The molecule has 1 unspecified atom stereocenters. The van der Waals surface area contributed by atoms with Crippen molar-refractivity contribution in [2.24, 2.45) is 11.8 Å². The van der Waals surface area contributed by atoms with E-state index in [4.69, 9.17) is 0 Å². The van der Waals surface area contributed by atoms with Crippen LogP contribution in [-0.4, -0.2) is 0 Å². The summed E-state index contributed by atoms with van der Waals surface area (Å²) in [5, 5.41) is 0. The summed E-state index contributed by atoms with van der Waals surface area (Å²) in [6.07, 6.45) is 42.7. The molecule has 35 heavy (non-hydrogen) atoms. The van der Waals surface area contributed by atoms with Crippen LogP contribution < -0.4 is 0 Å². The van der Waals surface area contributed by atoms with Crippen molar-refractivity contribution in [3.05, 3.63) is 0 Å². The first-order valence-corrected chi connectivity index (χ1v) is 17.3. The van der Waals surface area contributed by atoms with Gasteiger partial charge in [-0.05, 0) is 11.8 Å². The van der Waals surface area contributed by atoms with Crippen LogP contribution in [-0.2, 0) is 0 Å². The van der Waals surface area contributed by atoms with Crippen molar-refractivity contribution in [3.63, 3.8) is 0 Å². The Morgan fingerprint density at radius 2 is 0.400 bits per heavy atom. The van der Waals surface area contributed by atoms with Gasteiger partial charge in [-0.2, -0.15) is 0 Å². The summed E-state index contributed by atoms with van der Waals surface area (Å²) < 4.78 is 0. The molecule has 0 N–H and O–H groups in total. The van der Waals surface area contributed by atoms with Crippen LogP contribution in [0.15, 0.2) is 0 Å². The third-order valence-corrected chi connectivity index (χ3v) is 8.63. The Labute approximate surface area is 225 Å².